The Morgan fingerprint density at radius 3 is 2.67 bits per heavy atom. The first kappa shape index (κ1) is 21.4. The number of nitrogen functional groups attached to an aromatic ring is 1. The van der Waals surface area contributed by atoms with Crippen LogP contribution in [0.3, 0.4) is 0 Å². The fraction of sp³-hybridized carbons (Fsp3) is 0.429. The number of hydrogen-bond donors (Lipinski definition) is 5. The summed E-state index contributed by atoms with van der Waals surface area (Å²) in [6.07, 6.45) is 3.67. The number of nitrogens with one attached hydrogen (secondary N) is 3. The molecule has 0 radical (unpaired) electrons. The molecule has 3 rings (SSSR count). The van der Waals surface area contributed by atoms with Crippen LogP contribution in [-0.2, 0) is 17.8 Å². The van der Waals surface area contributed by atoms with Crippen LogP contribution in [0.1, 0.15) is 38.4 Å². The summed E-state index contributed by atoms with van der Waals surface area (Å²) >= 11 is 0. The van der Waals surface area contributed by atoms with Crippen molar-refractivity contribution in [1.82, 2.24) is 25.2 Å². The standard InChI is InChI=1S/C21H30N8O/c1-2-16-28-18-19(14-8-3-4-9-15(14)27-20(18)22)29(16)13-6-5-11-25-17(30)10-7-12-26-21(23)24/h3-4,8-9H,2,5-7,10-13H2,1H3,(H2,22,27)(H,25,30)(H4,23,24,26). The van der Waals surface area contributed by atoms with Gasteiger partial charge in [0.25, 0.3) is 0 Å². The second-order valence-corrected chi connectivity index (χ2v) is 7.25. The minimum atomic E-state index is -0.0702. The molecule has 30 heavy (non-hydrogen) atoms. The van der Waals surface area contributed by atoms with Crippen molar-refractivity contribution in [3.05, 3.63) is 30.1 Å². The highest BCUT2D eigenvalue weighted by molar-refractivity contribution is 6.06. The summed E-state index contributed by atoms with van der Waals surface area (Å²) in [5, 5.41) is 13.8. The van der Waals surface area contributed by atoms with Gasteiger partial charge in [0.15, 0.2) is 11.8 Å². The van der Waals surface area contributed by atoms with Crippen molar-refractivity contribution in [2.75, 3.05) is 18.8 Å². The van der Waals surface area contributed by atoms with Gasteiger partial charge in [-0.15, -0.1) is 0 Å². The summed E-state index contributed by atoms with van der Waals surface area (Å²) in [6, 6.07) is 7.99. The van der Waals surface area contributed by atoms with Crippen LogP contribution in [0.2, 0.25) is 0 Å². The number of unbranched alkanes of at least 4 members (excludes halogenated alkanes) is 1. The van der Waals surface area contributed by atoms with E-state index in [4.69, 9.17) is 21.9 Å². The van der Waals surface area contributed by atoms with E-state index in [-0.39, 0.29) is 11.9 Å². The van der Waals surface area contributed by atoms with Gasteiger partial charge in [0.05, 0.1) is 11.0 Å². The highest BCUT2D eigenvalue weighted by Gasteiger charge is 2.16. The Bertz CT molecular complexity index is 1040. The average molecular weight is 411 g/mol. The summed E-state index contributed by atoms with van der Waals surface area (Å²) in [5.74, 6) is 1.41. The van der Waals surface area contributed by atoms with E-state index in [2.05, 4.69) is 33.2 Å². The van der Waals surface area contributed by atoms with Gasteiger partial charge in [0.1, 0.15) is 11.3 Å². The molecule has 0 spiro atoms. The van der Waals surface area contributed by atoms with E-state index in [9.17, 15) is 4.79 Å². The van der Waals surface area contributed by atoms with Gasteiger partial charge in [-0.1, -0.05) is 25.1 Å². The number of imidazole rings is 1. The van der Waals surface area contributed by atoms with Crippen molar-refractivity contribution >= 4 is 39.6 Å². The molecule has 9 nitrogen and oxygen atoms in total. The summed E-state index contributed by atoms with van der Waals surface area (Å²) in [7, 11) is 0. The van der Waals surface area contributed by atoms with Crippen LogP contribution in [0.4, 0.5) is 5.82 Å². The summed E-state index contributed by atoms with van der Waals surface area (Å²) in [6.45, 7) is 4.07. The number of aryl methyl sites for hydroxylation is 2. The zero-order valence-corrected chi connectivity index (χ0v) is 17.4. The summed E-state index contributed by atoms with van der Waals surface area (Å²) in [4.78, 5) is 21.1. The lowest BCUT2D eigenvalue weighted by Gasteiger charge is -2.11. The van der Waals surface area contributed by atoms with Crippen LogP contribution in [0.15, 0.2) is 24.3 Å². The molecule has 0 bridgehead atoms. The van der Waals surface area contributed by atoms with E-state index in [1.54, 1.807) is 0 Å². The molecule has 2 aromatic heterocycles. The molecule has 0 unspecified atom stereocenters. The quantitative estimate of drug-likeness (QED) is 0.196. The molecule has 0 fully saturated rings. The Kier molecular flexibility index (Phi) is 7.05. The second-order valence-electron chi connectivity index (χ2n) is 7.25. The van der Waals surface area contributed by atoms with Gasteiger partial charge in [0.2, 0.25) is 5.91 Å². The van der Waals surface area contributed by atoms with E-state index < -0.39 is 0 Å². The van der Waals surface area contributed by atoms with Crippen LogP contribution >= 0.6 is 0 Å². The number of nitrogens with zero attached hydrogens (tertiary/aromatic N) is 3. The lowest BCUT2D eigenvalue weighted by atomic mass is 10.2. The van der Waals surface area contributed by atoms with E-state index in [0.717, 1.165) is 53.6 Å². The van der Waals surface area contributed by atoms with Gasteiger partial charge >= 0.3 is 0 Å². The molecule has 0 aliphatic rings. The van der Waals surface area contributed by atoms with Crippen molar-refractivity contribution in [2.24, 2.45) is 5.73 Å². The molecule has 1 amide bonds. The molecule has 0 atom stereocenters. The molecule has 0 saturated heterocycles. The Labute approximate surface area is 175 Å². The van der Waals surface area contributed by atoms with Crippen LogP contribution in [-0.4, -0.2) is 39.5 Å². The fourth-order valence-corrected chi connectivity index (χ4v) is 3.60. The number of guanidine groups is 1. The first-order chi connectivity index (χ1) is 14.5. The van der Waals surface area contributed by atoms with E-state index in [0.29, 0.717) is 31.7 Å². The largest absolute Gasteiger partial charge is 0.382 e. The van der Waals surface area contributed by atoms with Gasteiger partial charge < -0.3 is 26.7 Å². The molecule has 1 aromatic carbocycles. The average Bonchev–Trinajstić information content (AvgIpc) is 3.10. The highest BCUT2D eigenvalue weighted by Crippen LogP contribution is 2.29. The number of para-hydroxylation sites is 1. The summed E-state index contributed by atoms with van der Waals surface area (Å²) < 4.78 is 2.24. The van der Waals surface area contributed by atoms with Crippen LogP contribution in [0, 0.1) is 5.41 Å². The molecule has 3 aromatic rings. The van der Waals surface area contributed by atoms with E-state index in [1.165, 1.54) is 0 Å². The highest BCUT2D eigenvalue weighted by atomic mass is 16.1. The lowest BCUT2D eigenvalue weighted by Crippen LogP contribution is -2.32. The topological polar surface area (TPSA) is 148 Å². The lowest BCUT2D eigenvalue weighted by molar-refractivity contribution is -0.121. The first-order valence-electron chi connectivity index (χ1n) is 10.4. The zero-order chi connectivity index (χ0) is 21.5. The number of carbonyl (C=O) groups excluding carboxylic acids is 1. The molecule has 160 valence electrons. The third kappa shape index (κ3) is 4.97. The number of rotatable bonds is 10. The van der Waals surface area contributed by atoms with Crippen LogP contribution in [0.25, 0.3) is 21.9 Å². The monoisotopic (exact) mass is 410 g/mol. The molecule has 0 aliphatic carbocycles. The van der Waals surface area contributed by atoms with Crippen molar-refractivity contribution in [1.29, 1.82) is 5.41 Å². The van der Waals surface area contributed by atoms with Crippen molar-refractivity contribution in [3.63, 3.8) is 0 Å². The normalized spacial score (nSPS) is 11.1. The van der Waals surface area contributed by atoms with Crippen molar-refractivity contribution in [3.8, 4) is 0 Å². The number of carbonyl (C=O) groups is 1. The predicted octanol–water partition coefficient (Wildman–Crippen LogP) is 1.89. The van der Waals surface area contributed by atoms with Crippen molar-refractivity contribution < 1.29 is 4.79 Å². The smallest absolute Gasteiger partial charge is 0.220 e. The molecular formula is C21H30N8O. The van der Waals surface area contributed by atoms with Crippen molar-refractivity contribution in [2.45, 2.75) is 45.6 Å². The third-order valence-corrected chi connectivity index (χ3v) is 5.03. The number of benzene rings is 1. The van der Waals surface area contributed by atoms with Gasteiger partial charge in [-0.3, -0.25) is 10.2 Å². The first-order valence-corrected chi connectivity index (χ1v) is 10.4. The number of anilines is 1. The Morgan fingerprint density at radius 1 is 1.13 bits per heavy atom. The Hall–Kier alpha value is -3.36. The molecule has 0 saturated carbocycles. The zero-order valence-electron chi connectivity index (χ0n) is 17.4. The van der Waals surface area contributed by atoms with Crippen LogP contribution < -0.4 is 22.1 Å². The maximum Gasteiger partial charge on any atom is 0.220 e. The number of amides is 1. The SMILES string of the molecule is CCc1nc2c(N)nc3ccccc3c2n1CCCCNC(=O)CCCNC(=N)N. The third-order valence-electron chi connectivity index (χ3n) is 5.03. The maximum absolute atomic E-state index is 11.9. The fourth-order valence-electron chi connectivity index (χ4n) is 3.60. The van der Waals surface area contributed by atoms with Gasteiger partial charge in [-0.25, -0.2) is 9.97 Å². The van der Waals surface area contributed by atoms with Gasteiger partial charge in [0, 0.05) is 37.9 Å². The molecule has 7 N–H and O–H groups in total. The van der Waals surface area contributed by atoms with Gasteiger partial charge in [-0.2, -0.15) is 0 Å². The number of pyridine rings is 1. The minimum Gasteiger partial charge on any atom is -0.382 e. The Morgan fingerprint density at radius 2 is 1.90 bits per heavy atom. The maximum atomic E-state index is 11.9. The second kappa shape index (κ2) is 9.91. The van der Waals surface area contributed by atoms with Gasteiger partial charge in [-0.05, 0) is 25.3 Å². The number of fused-ring (bicyclic) bond motifs is 3. The number of hydrogen-bond acceptors (Lipinski definition) is 5. The Balaban J connectivity index is 1.59. The number of aromatic nitrogens is 3. The van der Waals surface area contributed by atoms with Crippen LogP contribution in [0.5, 0.6) is 0 Å². The van der Waals surface area contributed by atoms with E-state index in [1.807, 2.05) is 18.2 Å². The van der Waals surface area contributed by atoms with E-state index >= 15 is 0 Å². The molecular weight excluding hydrogens is 380 g/mol. The molecule has 0 aliphatic heterocycles. The predicted molar refractivity (Wildman–Crippen MR) is 120 cm³/mol. The molecule has 2 heterocycles. The minimum absolute atomic E-state index is 0.0209. The number of nitrogens with two attached hydrogens (primary N) is 2. The molecule has 9 heteroatoms. The summed E-state index contributed by atoms with van der Waals surface area (Å²) in [5.41, 5.74) is 14.1.